The van der Waals surface area contributed by atoms with Gasteiger partial charge in [-0.25, -0.2) is 14.5 Å². The predicted molar refractivity (Wildman–Crippen MR) is 140 cm³/mol. The zero-order valence-electron chi connectivity index (χ0n) is 20.7. The van der Waals surface area contributed by atoms with E-state index in [-0.39, 0.29) is 5.91 Å². The molecule has 0 aliphatic carbocycles. The summed E-state index contributed by atoms with van der Waals surface area (Å²) < 4.78 is 7.52. The smallest absolute Gasteiger partial charge is 0.239 e. The summed E-state index contributed by atoms with van der Waals surface area (Å²) in [6.07, 6.45) is 5.55. The maximum Gasteiger partial charge on any atom is 0.239 e. The highest BCUT2D eigenvalue weighted by molar-refractivity contribution is 5.82. The third-order valence-electron chi connectivity index (χ3n) is 6.43. The van der Waals surface area contributed by atoms with Crippen LogP contribution in [-0.2, 0) is 4.79 Å². The lowest BCUT2D eigenvalue weighted by molar-refractivity contribution is -0.132. The van der Waals surface area contributed by atoms with Gasteiger partial charge in [0.2, 0.25) is 11.9 Å². The molecule has 10 heteroatoms. The normalized spacial score (nSPS) is 14.7. The SMILES string of the molecule is COc1cc(N2CCN(C(=O)[C@@H](C)N)CC2)ccc1Nc1ncc(C)c(-c2cnn3ccccc23)n1. The summed E-state index contributed by atoms with van der Waals surface area (Å²) in [6.45, 7) is 6.47. The van der Waals surface area contributed by atoms with E-state index in [1.54, 1.807) is 20.2 Å². The second kappa shape index (κ2) is 9.82. The molecule has 0 radical (unpaired) electrons. The lowest BCUT2D eigenvalue weighted by Gasteiger charge is -2.37. The van der Waals surface area contributed by atoms with Crippen molar-refractivity contribution in [2.45, 2.75) is 19.9 Å². The van der Waals surface area contributed by atoms with Crippen LogP contribution in [0.4, 0.5) is 17.3 Å². The number of piperazine rings is 1. The van der Waals surface area contributed by atoms with Crippen molar-refractivity contribution < 1.29 is 9.53 Å². The zero-order chi connectivity index (χ0) is 25.2. The number of nitrogens with zero attached hydrogens (tertiary/aromatic N) is 6. The second-order valence-corrected chi connectivity index (χ2v) is 8.92. The Morgan fingerprint density at radius 2 is 1.94 bits per heavy atom. The van der Waals surface area contributed by atoms with Crippen molar-refractivity contribution in [3.8, 4) is 17.0 Å². The molecule has 10 nitrogen and oxygen atoms in total. The Bertz CT molecular complexity index is 1390. The number of ether oxygens (including phenoxy) is 1. The van der Waals surface area contributed by atoms with E-state index in [0.717, 1.165) is 46.8 Å². The van der Waals surface area contributed by atoms with Crippen LogP contribution in [0.15, 0.2) is 55.0 Å². The van der Waals surface area contributed by atoms with Gasteiger partial charge in [0.15, 0.2) is 0 Å². The Hall–Kier alpha value is -4.18. The highest BCUT2D eigenvalue weighted by atomic mass is 16.5. The van der Waals surface area contributed by atoms with Crippen molar-refractivity contribution in [1.29, 1.82) is 0 Å². The molecule has 3 aromatic heterocycles. The number of pyridine rings is 1. The van der Waals surface area contributed by atoms with E-state index in [1.165, 1.54) is 0 Å². The summed E-state index contributed by atoms with van der Waals surface area (Å²) in [7, 11) is 1.64. The Kier molecular flexibility index (Phi) is 6.43. The van der Waals surface area contributed by atoms with Crippen LogP contribution in [0.2, 0.25) is 0 Å². The molecule has 36 heavy (non-hydrogen) atoms. The highest BCUT2D eigenvalue weighted by Gasteiger charge is 2.24. The van der Waals surface area contributed by atoms with Crippen LogP contribution in [-0.4, -0.2) is 69.7 Å². The molecule has 186 valence electrons. The first-order valence-electron chi connectivity index (χ1n) is 12.0. The fourth-order valence-corrected chi connectivity index (χ4v) is 4.47. The van der Waals surface area contributed by atoms with Gasteiger partial charge in [-0.05, 0) is 43.7 Å². The van der Waals surface area contributed by atoms with E-state index < -0.39 is 6.04 Å². The summed E-state index contributed by atoms with van der Waals surface area (Å²) in [6, 6.07) is 11.5. The van der Waals surface area contributed by atoms with Crippen molar-refractivity contribution in [3.63, 3.8) is 0 Å². The molecule has 4 heterocycles. The topological polar surface area (TPSA) is 114 Å². The van der Waals surface area contributed by atoms with Crippen molar-refractivity contribution in [2.24, 2.45) is 5.73 Å². The maximum atomic E-state index is 12.2. The molecule has 3 N–H and O–H groups in total. The standard InChI is InChI=1S/C26H30N8O2/c1-17-15-28-26(31-24(17)20-16-29-34-9-5-4-6-22(20)34)30-21-8-7-19(14-23(21)36-3)32-10-12-33(13-11-32)25(35)18(2)27/h4-9,14-16,18H,10-13,27H2,1-3H3,(H,28,30,31)/t18-/m1/s1. The monoisotopic (exact) mass is 486 g/mol. The van der Waals surface area contributed by atoms with E-state index in [2.05, 4.69) is 20.3 Å². The number of aromatic nitrogens is 4. The van der Waals surface area contributed by atoms with Crippen molar-refractivity contribution >= 4 is 28.7 Å². The van der Waals surface area contributed by atoms with Gasteiger partial charge < -0.3 is 25.6 Å². The number of carbonyl (C=O) groups is 1. The Balaban J connectivity index is 1.35. The molecule has 1 saturated heterocycles. The quantitative estimate of drug-likeness (QED) is 0.428. The molecular formula is C26H30N8O2. The maximum absolute atomic E-state index is 12.2. The number of amides is 1. The van der Waals surface area contributed by atoms with Crippen molar-refractivity contribution in [3.05, 3.63) is 60.6 Å². The molecule has 1 aliphatic heterocycles. The molecule has 1 fully saturated rings. The number of hydrogen-bond acceptors (Lipinski definition) is 8. The van der Waals surface area contributed by atoms with Crippen molar-refractivity contribution in [1.82, 2.24) is 24.5 Å². The van der Waals surface area contributed by atoms with Gasteiger partial charge in [0.05, 0.1) is 36.2 Å². The van der Waals surface area contributed by atoms with E-state index in [1.807, 2.05) is 65.1 Å². The third-order valence-corrected chi connectivity index (χ3v) is 6.43. The molecule has 1 amide bonds. The number of fused-ring (bicyclic) bond motifs is 1. The molecule has 1 aliphatic rings. The molecular weight excluding hydrogens is 456 g/mol. The summed E-state index contributed by atoms with van der Waals surface area (Å²) in [5.41, 5.74) is 11.3. The van der Waals surface area contributed by atoms with Crippen LogP contribution < -0.4 is 20.7 Å². The third kappa shape index (κ3) is 4.55. The van der Waals surface area contributed by atoms with E-state index >= 15 is 0 Å². The van der Waals surface area contributed by atoms with Gasteiger partial charge >= 0.3 is 0 Å². The number of carbonyl (C=O) groups excluding carboxylic acids is 1. The average molecular weight is 487 g/mol. The minimum atomic E-state index is -0.473. The summed E-state index contributed by atoms with van der Waals surface area (Å²) >= 11 is 0. The number of hydrogen-bond donors (Lipinski definition) is 2. The van der Waals surface area contributed by atoms with Crippen LogP contribution in [0.5, 0.6) is 5.75 Å². The highest BCUT2D eigenvalue weighted by Crippen LogP contribution is 2.33. The first-order chi connectivity index (χ1) is 17.4. The van der Waals surface area contributed by atoms with Crippen LogP contribution >= 0.6 is 0 Å². The summed E-state index contributed by atoms with van der Waals surface area (Å²) in [4.78, 5) is 25.5. The van der Waals surface area contributed by atoms with E-state index in [4.69, 9.17) is 15.5 Å². The number of nitrogens with one attached hydrogen (secondary N) is 1. The van der Waals surface area contributed by atoms with Gasteiger partial charge in [-0.3, -0.25) is 4.79 Å². The zero-order valence-corrected chi connectivity index (χ0v) is 20.7. The molecule has 0 saturated carbocycles. The number of rotatable bonds is 6. The Morgan fingerprint density at radius 1 is 1.14 bits per heavy atom. The molecule has 0 spiro atoms. The lowest BCUT2D eigenvalue weighted by atomic mass is 10.1. The van der Waals surface area contributed by atoms with E-state index in [0.29, 0.717) is 24.8 Å². The van der Waals surface area contributed by atoms with Gasteiger partial charge in [0.1, 0.15) is 5.75 Å². The fourth-order valence-electron chi connectivity index (χ4n) is 4.47. The second-order valence-electron chi connectivity index (χ2n) is 8.92. The molecule has 0 bridgehead atoms. The molecule has 5 rings (SSSR count). The van der Waals surface area contributed by atoms with Crippen LogP contribution in [0, 0.1) is 6.92 Å². The minimum absolute atomic E-state index is 0.00614. The predicted octanol–water partition coefficient (Wildman–Crippen LogP) is 2.85. The largest absolute Gasteiger partial charge is 0.494 e. The van der Waals surface area contributed by atoms with Gasteiger partial charge in [-0.2, -0.15) is 5.10 Å². The molecule has 4 aromatic rings. The number of aryl methyl sites for hydroxylation is 1. The number of methoxy groups -OCH3 is 1. The fraction of sp³-hybridized carbons (Fsp3) is 0.308. The summed E-state index contributed by atoms with van der Waals surface area (Å²) in [5, 5.41) is 7.74. The van der Waals surface area contributed by atoms with E-state index in [9.17, 15) is 4.79 Å². The van der Waals surface area contributed by atoms with Gasteiger partial charge in [0.25, 0.3) is 0 Å². The first kappa shape index (κ1) is 23.6. The van der Waals surface area contributed by atoms with Gasteiger partial charge in [-0.1, -0.05) is 6.07 Å². The number of benzene rings is 1. The Labute approximate surface area is 209 Å². The Morgan fingerprint density at radius 3 is 2.69 bits per heavy atom. The minimum Gasteiger partial charge on any atom is -0.494 e. The number of anilines is 3. The summed E-state index contributed by atoms with van der Waals surface area (Å²) in [5.74, 6) is 1.15. The molecule has 0 unspecified atom stereocenters. The average Bonchev–Trinajstić information content (AvgIpc) is 3.33. The van der Waals surface area contributed by atoms with Gasteiger partial charge in [-0.15, -0.1) is 0 Å². The van der Waals surface area contributed by atoms with Crippen molar-refractivity contribution in [2.75, 3.05) is 43.5 Å². The number of nitrogens with two attached hydrogens (primary N) is 1. The first-order valence-corrected chi connectivity index (χ1v) is 12.0. The van der Waals surface area contributed by atoms with Gasteiger partial charge in [0, 0.05) is 55.9 Å². The molecule has 1 atom stereocenters. The van der Waals surface area contributed by atoms with Crippen LogP contribution in [0.1, 0.15) is 12.5 Å². The van der Waals surface area contributed by atoms with Crippen LogP contribution in [0.3, 0.4) is 0 Å². The lowest BCUT2D eigenvalue weighted by Crippen LogP contribution is -2.52. The molecule has 1 aromatic carbocycles. The van der Waals surface area contributed by atoms with Crippen LogP contribution in [0.25, 0.3) is 16.8 Å².